The molecule has 1 aromatic carbocycles. The predicted molar refractivity (Wildman–Crippen MR) is 79.9 cm³/mol. The number of benzene rings is 1. The molecule has 0 saturated carbocycles. The maximum absolute atomic E-state index is 12.3. The lowest BCUT2D eigenvalue weighted by Gasteiger charge is -2.16. The number of likely N-dealkylation sites (tertiary alicyclic amines) is 1. The average molecular weight is 276 g/mol. The molecule has 4 nitrogen and oxygen atoms in total. The quantitative estimate of drug-likeness (QED) is 0.811. The zero-order chi connectivity index (χ0) is 14.4. The van der Waals surface area contributed by atoms with Crippen LogP contribution in [0.2, 0.25) is 0 Å². The molecule has 2 rings (SSSR count). The van der Waals surface area contributed by atoms with Crippen molar-refractivity contribution in [3.8, 4) is 5.75 Å². The molecule has 0 spiro atoms. The Morgan fingerprint density at radius 3 is 2.75 bits per heavy atom. The van der Waals surface area contributed by atoms with E-state index in [1.807, 2.05) is 29.2 Å². The first-order valence-electron chi connectivity index (χ1n) is 7.46. The summed E-state index contributed by atoms with van der Waals surface area (Å²) in [5, 5.41) is 0. The summed E-state index contributed by atoms with van der Waals surface area (Å²) in [7, 11) is 0. The number of unbranched alkanes of at least 4 members (excludes halogenated alkanes) is 1. The molecule has 0 aliphatic carbocycles. The number of amides is 1. The van der Waals surface area contributed by atoms with Crippen molar-refractivity contribution in [3.63, 3.8) is 0 Å². The third-order valence-corrected chi connectivity index (χ3v) is 3.77. The molecule has 1 aliphatic rings. The maximum atomic E-state index is 12.3. The molecule has 1 amide bonds. The van der Waals surface area contributed by atoms with Crippen LogP contribution in [0.4, 0.5) is 0 Å². The summed E-state index contributed by atoms with van der Waals surface area (Å²) in [4.78, 5) is 14.2. The molecular formula is C16H24N2O2. The van der Waals surface area contributed by atoms with Gasteiger partial charge in [-0.3, -0.25) is 4.79 Å². The van der Waals surface area contributed by atoms with Crippen LogP contribution in [-0.2, 0) is 0 Å². The van der Waals surface area contributed by atoms with Gasteiger partial charge in [-0.05, 0) is 49.6 Å². The highest BCUT2D eigenvalue weighted by atomic mass is 16.5. The van der Waals surface area contributed by atoms with Crippen LogP contribution in [0.1, 0.15) is 36.5 Å². The van der Waals surface area contributed by atoms with E-state index < -0.39 is 0 Å². The zero-order valence-electron chi connectivity index (χ0n) is 12.2. The Morgan fingerprint density at radius 2 is 2.15 bits per heavy atom. The SMILES string of the molecule is CCCCOc1ccc(C(=O)N2CCC(CN)C2)cc1. The number of carbonyl (C=O) groups is 1. The van der Waals surface area contributed by atoms with Gasteiger partial charge in [0.1, 0.15) is 5.75 Å². The standard InChI is InChI=1S/C16H24N2O2/c1-2-3-10-20-15-6-4-14(5-7-15)16(19)18-9-8-13(11-17)12-18/h4-7,13H,2-3,8-12,17H2,1H3. The molecular weight excluding hydrogens is 252 g/mol. The lowest BCUT2D eigenvalue weighted by atomic mass is 10.1. The van der Waals surface area contributed by atoms with Crippen molar-refractivity contribution >= 4 is 5.91 Å². The molecule has 0 aromatic heterocycles. The summed E-state index contributed by atoms with van der Waals surface area (Å²) in [6.07, 6.45) is 3.18. The fraction of sp³-hybridized carbons (Fsp3) is 0.562. The number of carbonyl (C=O) groups excluding carboxylic acids is 1. The van der Waals surface area contributed by atoms with Crippen molar-refractivity contribution in [1.29, 1.82) is 0 Å². The van der Waals surface area contributed by atoms with E-state index in [0.29, 0.717) is 12.5 Å². The predicted octanol–water partition coefficient (Wildman–Crippen LogP) is 2.29. The summed E-state index contributed by atoms with van der Waals surface area (Å²) in [5.74, 6) is 1.38. The zero-order valence-corrected chi connectivity index (χ0v) is 12.2. The molecule has 0 radical (unpaired) electrons. The van der Waals surface area contributed by atoms with Crippen molar-refractivity contribution in [1.82, 2.24) is 4.90 Å². The van der Waals surface area contributed by atoms with Gasteiger partial charge >= 0.3 is 0 Å². The third-order valence-electron chi connectivity index (χ3n) is 3.77. The van der Waals surface area contributed by atoms with Gasteiger partial charge in [-0.1, -0.05) is 13.3 Å². The first kappa shape index (κ1) is 14.9. The number of rotatable bonds is 6. The van der Waals surface area contributed by atoms with Gasteiger partial charge in [-0.25, -0.2) is 0 Å². The number of hydrogen-bond donors (Lipinski definition) is 1. The van der Waals surface area contributed by atoms with Crippen molar-refractivity contribution in [2.45, 2.75) is 26.2 Å². The highest BCUT2D eigenvalue weighted by molar-refractivity contribution is 5.94. The molecule has 4 heteroatoms. The largest absolute Gasteiger partial charge is 0.494 e. The first-order valence-corrected chi connectivity index (χ1v) is 7.46. The van der Waals surface area contributed by atoms with Gasteiger partial charge in [0.15, 0.2) is 0 Å². The molecule has 0 bridgehead atoms. The van der Waals surface area contributed by atoms with Gasteiger partial charge in [0.2, 0.25) is 0 Å². The van der Waals surface area contributed by atoms with Crippen LogP contribution in [0.25, 0.3) is 0 Å². The minimum atomic E-state index is 0.0982. The second kappa shape index (κ2) is 7.29. The van der Waals surface area contributed by atoms with Gasteiger partial charge in [0.25, 0.3) is 5.91 Å². The van der Waals surface area contributed by atoms with Crippen LogP contribution in [0.15, 0.2) is 24.3 Å². The van der Waals surface area contributed by atoms with Crippen molar-refractivity contribution in [2.24, 2.45) is 11.7 Å². The number of nitrogens with zero attached hydrogens (tertiary/aromatic N) is 1. The van der Waals surface area contributed by atoms with Crippen LogP contribution in [0, 0.1) is 5.92 Å². The minimum Gasteiger partial charge on any atom is -0.494 e. The van der Waals surface area contributed by atoms with E-state index in [1.54, 1.807) is 0 Å². The second-order valence-electron chi connectivity index (χ2n) is 5.37. The lowest BCUT2D eigenvalue weighted by Crippen LogP contribution is -2.29. The Morgan fingerprint density at radius 1 is 1.40 bits per heavy atom. The highest BCUT2D eigenvalue weighted by Gasteiger charge is 2.25. The fourth-order valence-corrected chi connectivity index (χ4v) is 2.42. The molecule has 2 N–H and O–H groups in total. The molecule has 1 saturated heterocycles. The summed E-state index contributed by atoms with van der Waals surface area (Å²) in [6.45, 7) is 5.12. The molecule has 1 aliphatic heterocycles. The molecule has 20 heavy (non-hydrogen) atoms. The van der Waals surface area contributed by atoms with E-state index in [9.17, 15) is 4.79 Å². The summed E-state index contributed by atoms with van der Waals surface area (Å²) in [5.41, 5.74) is 6.39. The van der Waals surface area contributed by atoms with Gasteiger partial charge in [0.05, 0.1) is 6.61 Å². The summed E-state index contributed by atoms with van der Waals surface area (Å²) >= 11 is 0. The number of ether oxygens (including phenoxy) is 1. The fourth-order valence-electron chi connectivity index (χ4n) is 2.42. The highest BCUT2D eigenvalue weighted by Crippen LogP contribution is 2.19. The van der Waals surface area contributed by atoms with E-state index >= 15 is 0 Å². The number of hydrogen-bond acceptors (Lipinski definition) is 3. The van der Waals surface area contributed by atoms with Crippen molar-refractivity contribution < 1.29 is 9.53 Å². The summed E-state index contributed by atoms with van der Waals surface area (Å²) < 4.78 is 5.60. The van der Waals surface area contributed by atoms with E-state index in [-0.39, 0.29) is 5.91 Å². The van der Waals surface area contributed by atoms with Gasteiger partial charge in [-0.15, -0.1) is 0 Å². The maximum Gasteiger partial charge on any atom is 0.253 e. The van der Waals surface area contributed by atoms with Gasteiger partial charge in [0, 0.05) is 18.7 Å². The van der Waals surface area contributed by atoms with E-state index in [4.69, 9.17) is 10.5 Å². The molecule has 1 atom stereocenters. The third kappa shape index (κ3) is 3.73. The van der Waals surface area contributed by atoms with Crippen LogP contribution in [-0.4, -0.2) is 37.0 Å². The van der Waals surface area contributed by atoms with Crippen LogP contribution >= 0.6 is 0 Å². The Labute approximate surface area is 120 Å². The van der Waals surface area contributed by atoms with Crippen LogP contribution in [0.5, 0.6) is 5.75 Å². The molecule has 1 aromatic rings. The number of nitrogens with two attached hydrogens (primary N) is 1. The molecule has 1 fully saturated rings. The minimum absolute atomic E-state index is 0.0982. The Hall–Kier alpha value is -1.55. The smallest absolute Gasteiger partial charge is 0.253 e. The van der Waals surface area contributed by atoms with Crippen LogP contribution < -0.4 is 10.5 Å². The monoisotopic (exact) mass is 276 g/mol. The second-order valence-corrected chi connectivity index (χ2v) is 5.37. The van der Waals surface area contributed by atoms with Crippen LogP contribution in [0.3, 0.4) is 0 Å². The molecule has 1 heterocycles. The molecule has 1 unspecified atom stereocenters. The van der Waals surface area contributed by atoms with Crippen molar-refractivity contribution in [3.05, 3.63) is 29.8 Å². The van der Waals surface area contributed by atoms with E-state index in [2.05, 4.69) is 6.92 Å². The molecule has 110 valence electrons. The van der Waals surface area contributed by atoms with E-state index in [1.165, 1.54) is 0 Å². The average Bonchev–Trinajstić information content (AvgIpc) is 2.96. The Kier molecular flexibility index (Phi) is 5.41. The van der Waals surface area contributed by atoms with E-state index in [0.717, 1.165) is 50.3 Å². The summed E-state index contributed by atoms with van der Waals surface area (Å²) in [6, 6.07) is 7.44. The lowest BCUT2D eigenvalue weighted by molar-refractivity contribution is 0.0787. The van der Waals surface area contributed by atoms with Gasteiger partial charge < -0.3 is 15.4 Å². The Balaban J connectivity index is 1.90. The van der Waals surface area contributed by atoms with Crippen molar-refractivity contribution in [2.75, 3.05) is 26.2 Å². The van der Waals surface area contributed by atoms with Gasteiger partial charge in [-0.2, -0.15) is 0 Å². The Bertz CT molecular complexity index is 431. The topological polar surface area (TPSA) is 55.6 Å². The normalized spacial score (nSPS) is 18.3. The first-order chi connectivity index (χ1) is 9.74.